The van der Waals surface area contributed by atoms with Crippen LogP contribution in [0.25, 0.3) is 11.0 Å². The Hall–Kier alpha value is -2.89. The summed E-state index contributed by atoms with van der Waals surface area (Å²) in [6.07, 6.45) is 4.24. The van der Waals surface area contributed by atoms with E-state index in [2.05, 4.69) is 31.2 Å². The molecule has 114 valence electrons. The van der Waals surface area contributed by atoms with Crippen LogP contribution in [0.2, 0.25) is 0 Å². The van der Waals surface area contributed by atoms with E-state index in [1.54, 1.807) is 6.33 Å². The number of aromatic amines is 1. The molecule has 1 atom stereocenters. The Morgan fingerprint density at radius 1 is 1.17 bits per heavy atom. The van der Waals surface area contributed by atoms with E-state index >= 15 is 0 Å². The van der Waals surface area contributed by atoms with Crippen molar-refractivity contribution in [1.82, 2.24) is 15.0 Å². The second-order valence-corrected chi connectivity index (χ2v) is 6.19. The van der Waals surface area contributed by atoms with Gasteiger partial charge in [0.1, 0.15) is 17.8 Å². The summed E-state index contributed by atoms with van der Waals surface area (Å²) in [5.74, 6) is 0.992. The van der Waals surface area contributed by atoms with Crippen LogP contribution in [-0.4, -0.2) is 33.9 Å². The molecule has 3 aromatic rings. The Morgan fingerprint density at radius 2 is 2.09 bits per heavy atom. The normalized spacial score (nSPS) is 22.8. The average Bonchev–Trinajstić information content (AvgIpc) is 3.28. The number of H-pyrrole nitrogens is 1. The SMILES string of the molecule is O=C1Nc2ccccc2C12CCN(c1ncnc3[nH]ccc13)C2. The molecule has 6 heteroatoms. The van der Waals surface area contributed by atoms with Crippen molar-refractivity contribution >= 4 is 28.4 Å². The van der Waals surface area contributed by atoms with Crippen LogP contribution in [0.15, 0.2) is 42.9 Å². The first kappa shape index (κ1) is 12.6. The maximum Gasteiger partial charge on any atom is 0.236 e. The van der Waals surface area contributed by atoms with Crippen molar-refractivity contribution in [3.8, 4) is 0 Å². The zero-order valence-electron chi connectivity index (χ0n) is 12.4. The molecule has 5 rings (SSSR count). The highest BCUT2D eigenvalue weighted by Gasteiger charge is 2.51. The zero-order valence-corrected chi connectivity index (χ0v) is 12.4. The Labute approximate surface area is 132 Å². The molecule has 0 radical (unpaired) electrons. The molecular weight excluding hydrogens is 290 g/mol. The number of amides is 1. The number of aromatic nitrogens is 3. The highest BCUT2D eigenvalue weighted by atomic mass is 16.2. The number of carbonyl (C=O) groups is 1. The van der Waals surface area contributed by atoms with E-state index in [9.17, 15) is 4.79 Å². The Morgan fingerprint density at radius 3 is 3.04 bits per heavy atom. The third kappa shape index (κ3) is 1.60. The molecule has 2 aromatic heterocycles. The smallest absolute Gasteiger partial charge is 0.236 e. The van der Waals surface area contributed by atoms with Gasteiger partial charge in [-0.15, -0.1) is 0 Å². The topological polar surface area (TPSA) is 73.9 Å². The van der Waals surface area contributed by atoms with E-state index < -0.39 is 5.41 Å². The van der Waals surface area contributed by atoms with E-state index in [0.29, 0.717) is 6.54 Å². The lowest BCUT2D eigenvalue weighted by Crippen LogP contribution is -2.37. The van der Waals surface area contributed by atoms with Gasteiger partial charge in [0.2, 0.25) is 5.91 Å². The minimum Gasteiger partial charge on any atom is -0.354 e. The molecule has 1 unspecified atom stereocenters. The van der Waals surface area contributed by atoms with Gasteiger partial charge in [-0.25, -0.2) is 9.97 Å². The molecule has 0 aliphatic carbocycles. The van der Waals surface area contributed by atoms with Gasteiger partial charge >= 0.3 is 0 Å². The fourth-order valence-electron chi connectivity index (χ4n) is 3.88. The van der Waals surface area contributed by atoms with Crippen molar-refractivity contribution in [2.75, 3.05) is 23.3 Å². The Balaban J connectivity index is 1.59. The molecule has 0 bridgehead atoms. The summed E-state index contributed by atoms with van der Waals surface area (Å²) in [7, 11) is 0. The fourth-order valence-corrected chi connectivity index (χ4v) is 3.88. The van der Waals surface area contributed by atoms with Crippen molar-refractivity contribution in [2.24, 2.45) is 0 Å². The number of nitrogens with one attached hydrogen (secondary N) is 2. The number of nitrogens with zero attached hydrogens (tertiary/aromatic N) is 3. The van der Waals surface area contributed by atoms with Crippen molar-refractivity contribution < 1.29 is 4.79 Å². The minimum atomic E-state index is -0.468. The molecule has 1 amide bonds. The number of rotatable bonds is 1. The number of hydrogen-bond acceptors (Lipinski definition) is 4. The first-order valence-electron chi connectivity index (χ1n) is 7.72. The molecule has 4 heterocycles. The lowest BCUT2D eigenvalue weighted by atomic mass is 9.81. The summed E-state index contributed by atoms with van der Waals surface area (Å²) in [4.78, 5) is 26.7. The van der Waals surface area contributed by atoms with Gasteiger partial charge < -0.3 is 15.2 Å². The second kappa shape index (κ2) is 4.32. The third-order valence-corrected chi connectivity index (χ3v) is 5.03. The molecule has 2 aliphatic heterocycles. The van der Waals surface area contributed by atoms with Crippen LogP contribution in [0, 0.1) is 0 Å². The van der Waals surface area contributed by atoms with E-state index in [1.807, 2.05) is 30.5 Å². The predicted octanol–water partition coefficient (Wildman–Crippen LogP) is 2.06. The maximum atomic E-state index is 12.7. The van der Waals surface area contributed by atoms with Gasteiger partial charge in [-0.05, 0) is 24.1 Å². The van der Waals surface area contributed by atoms with Crippen molar-refractivity contribution in [3.05, 3.63) is 48.4 Å². The molecule has 0 saturated carbocycles. The van der Waals surface area contributed by atoms with Gasteiger partial charge in [0.25, 0.3) is 0 Å². The van der Waals surface area contributed by atoms with Crippen molar-refractivity contribution in [2.45, 2.75) is 11.8 Å². The summed E-state index contributed by atoms with van der Waals surface area (Å²) in [5, 5.41) is 4.03. The van der Waals surface area contributed by atoms with E-state index in [1.165, 1.54) is 0 Å². The van der Waals surface area contributed by atoms with Crippen LogP contribution >= 0.6 is 0 Å². The lowest BCUT2D eigenvalue weighted by molar-refractivity contribution is -0.120. The molecule has 6 nitrogen and oxygen atoms in total. The summed E-state index contributed by atoms with van der Waals surface area (Å²) in [5.41, 5.74) is 2.40. The first-order valence-corrected chi connectivity index (χ1v) is 7.72. The fraction of sp³-hybridized carbons (Fsp3) is 0.235. The van der Waals surface area contributed by atoms with E-state index in [4.69, 9.17) is 0 Å². The minimum absolute atomic E-state index is 0.0977. The summed E-state index contributed by atoms with van der Waals surface area (Å²) in [6.45, 7) is 1.45. The molecule has 23 heavy (non-hydrogen) atoms. The van der Waals surface area contributed by atoms with Crippen LogP contribution in [0.3, 0.4) is 0 Å². The van der Waals surface area contributed by atoms with Crippen LogP contribution in [0.4, 0.5) is 11.5 Å². The lowest BCUT2D eigenvalue weighted by Gasteiger charge is -2.23. The zero-order chi connectivity index (χ0) is 15.4. The van der Waals surface area contributed by atoms with Gasteiger partial charge in [0, 0.05) is 25.0 Å². The quantitative estimate of drug-likeness (QED) is 0.721. The van der Waals surface area contributed by atoms with Crippen LogP contribution < -0.4 is 10.2 Å². The van der Waals surface area contributed by atoms with E-state index in [0.717, 1.165) is 41.1 Å². The van der Waals surface area contributed by atoms with Gasteiger partial charge in [-0.1, -0.05) is 18.2 Å². The van der Waals surface area contributed by atoms with Crippen LogP contribution in [-0.2, 0) is 10.2 Å². The second-order valence-electron chi connectivity index (χ2n) is 6.19. The number of hydrogen-bond donors (Lipinski definition) is 2. The van der Waals surface area contributed by atoms with Gasteiger partial charge in [0.05, 0.1) is 10.8 Å². The third-order valence-electron chi connectivity index (χ3n) is 5.03. The summed E-state index contributed by atoms with van der Waals surface area (Å²) in [6, 6.07) is 9.97. The molecule has 1 fully saturated rings. The van der Waals surface area contributed by atoms with Gasteiger partial charge in [-0.3, -0.25) is 4.79 Å². The number of fused-ring (bicyclic) bond motifs is 3. The number of anilines is 2. The first-order chi connectivity index (χ1) is 11.3. The maximum absolute atomic E-state index is 12.7. The number of benzene rings is 1. The predicted molar refractivity (Wildman–Crippen MR) is 87.5 cm³/mol. The van der Waals surface area contributed by atoms with E-state index in [-0.39, 0.29) is 5.91 Å². The largest absolute Gasteiger partial charge is 0.354 e. The van der Waals surface area contributed by atoms with Gasteiger partial charge in [-0.2, -0.15) is 0 Å². The van der Waals surface area contributed by atoms with Crippen LogP contribution in [0.1, 0.15) is 12.0 Å². The molecule has 2 aliphatic rings. The molecule has 1 spiro atoms. The molecule has 1 saturated heterocycles. The number of para-hydroxylation sites is 1. The molecular formula is C17H15N5O. The summed E-state index contributed by atoms with van der Waals surface area (Å²) < 4.78 is 0. The van der Waals surface area contributed by atoms with Crippen molar-refractivity contribution in [3.63, 3.8) is 0 Å². The average molecular weight is 305 g/mol. The number of carbonyl (C=O) groups excluding carboxylic acids is 1. The highest BCUT2D eigenvalue weighted by molar-refractivity contribution is 6.07. The van der Waals surface area contributed by atoms with Crippen LogP contribution in [0.5, 0.6) is 0 Å². The molecule has 1 aromatic carbocycles. The van der Waals surface area contributed by atoms with Gasteiger partial charge in [0.15, 0.2) is 0 Å². The highest BCUT2D eigenvalue weighted by Crippen LogP contribution is 2.45. The Bertz CT molecular complexity index is 933. The standard InChI is InChI=1S/C17H15N5O/c23-16-17(12-3-1-2-4-13(12)21-16)6-8-22(9-17)15-11-5-7-18-14(11)19-10-20-15/h1-5,7,10H,6,8-9H2,(H,21,23)(H,18,19,20). The monoisotopic (exact) mass is 305 g/mol. The summed E-state index contributed by atoms with van der Waals surface area (Å²) >= 11 is 0. The molecule has 2 N–H and O–H groups in total. The van der Waals surface area contributed by atoms with Crippen molar-refractivity contribution in [1.29, 1.82) is 0 Å². The Kier molecular flexibility index (Phi) is 2.37.